The van der Waals surface area contributed by atoms with E-state index in [1.54, 1.807) is 48.7 Å². The highest BCUT2D eigenvalue weighted by molar-refractivity contribution is 6.30. The summed E-state index contributed by atoms with van der Waals surface area (Å²) in [5, 5.41) is 19.9. The Hall–Kier alpha value is -5.37. The molecule has 0 spiro atoms. The number of rotatable bonds is 5. The average Bonchev–Trinajstić information content (AvgIpc) is 3.68. The number of hydrogen-bond donors (Lipinski definition) is 4. The number of ketones is 1. The molecule has 0 saturated carbocycles. The molecule has 15 heteroatoms. The lowest BCUT2D eigenvalue weighted by Gasteiger charge is -2.15. The summed E-state index contributed by atoms with van der Waals surface area (Å²) in [7, 11) is 1.24. The van der Waals surface area contributed by atoms with Gasteiger partial charge in [-0.15, -0.1) is 5.10 Å². The zero-order valence-electron chi connectivity index (χ0n) is 22.8. The Kier molecular flexibility index (Phi) is 8.86. The number of aromatic nitrogens is 6. The van der Waals surface area contributed by atoms with Crippen LogP contribution in [0, 0.1) is 0 Å². The second-order valence-electron chi connectivity index (χ2n) is 9.56. The van der Waals surface area contributed by atoms with Crippen LogP contribution < -0.4 is 16.0 Å². The maximum Gasteiger partial charge on any atom is 0.411 e. The van der Waals surface area contributed by atoms with Crippen molar-refractivity contribution >= 4 is 52.7 Å². The molecule has 0 unspecified atom stereocenters. The Morgan fingerprint density at radius 2 is 2.05 bits per heavy atom. The first kappa shape index (κ1) is 29.1. The summed E-state index contributed by atoms with van der Waals surface area (Å²) >= 11 is 6.18. The van der Waals surface area contributed by atoms with E-state index in [1.807, 2.05) is 0 Å². The van der Waals surface area contributed by atoms with Crippen LogP contribution in [0.1, 0.15) is 43.1 Å². The van der Waals surface area contributed by atoms with Crippen molar-refractivity contribution in [1.29, 1.82) is 0 Å². The number of benzene rings is 2. The summed E-state index contributed by atoms with van der Waals surface area (Å²) < 4.78 is 6.10. The van der Waals surface area contributed by atoms with Crippen molar-refractivity contribution in [3.63, 3.8) is 0 Å². The number of aromatic amines is 1. The van der Waals surface area contributed by atoms with Gasteiger partial charge in [0.2, 0.25) is 11.8 Å². The monoisotopic (exact) mass is 603 g/mol. The Morgan fingerprint density at radius 1 is 1.19 bits per heavy atom. The summed E-state index contributed by atoms with van der Waals surface area (Å²) in [6, 6.07) is 9.39. The van der Waals surface area contributed by atoms with Gasteiger partial charge in [-0.2, -0.15) is 4.68 Å². The molecular formula is C28H26ClN9O5. The number of hydrogen-bond acceptors (Lipinski definition) is 9. The van der Waals surface area contributed by atoms with Gasteiger partial charge < -0.3 is 20.4 Å². The fraction of sp³-hybridized carbons (Fsp3) is 0.214. The topological polar surface area (TPSA) is 186 Å². The number of fused-ring (bicyclic) bond motifs is 4. The molecule has 3 amide bonds. The zero-order valence-corrected chi connectivity index (χ0v) is 23.6. The first-order valence-corrected chi connectivity index (χ1v) is 13.5. The van der Waals surface area contributed by atoms with Crippen LogP contribution in [0.4, 0.5) is 16.2 Å². The number of anilines is 2. The fourth-order valence-corrected chi connectivity index (χ4v) is 4.72. The van der Waals surface area contributed by atoms with Crippen molar-refractivity contribution in [2.75, 3.05) is 17.7 Å². The number of H-pyrrole nitrogens is 1. The predicted octanol–water partition coefficient (Wildman–Crippen LogP) is 3.84. The van der Waals surface area contributed by atoms with Gasteiger partial charge in [-0.25, -0.2) is 9.78 Å². The normalized spacial score (nSPS) is 15.4. The van der Waals surface area contributed by atoms with Crippen LogP contribution in [0.3, 0.4) is 0 Å². The minimum atomic E-state index is -0.678. The molecule has 2 aromatic heterocycles. The van der Waals surface area contributed by atoms with E-state index < -0.39 is 23.9 Å². The van der Waals surface area contributed by atoms with Crippen molar-refractivity contribution < 1.29 is 23.9 Å². The van der Waals surface area contributed by atoms with Gasteiger partial charge in [0.15, 0.2) is 0 Å². The number of amides is 3. The summed E-state index contributed by atoms with van der Waals surface area (Å²) in [6.07, 6.45) is 6.00. The molecule has 2 aromatic carbocycles. The molecule has 14 nitrogen and oxygen atoms in total. The smallest absolute Gasteiger partial charge is 0.411 e. The number of carbonyl (C=O) groups is 4. The molecule has 1 aliphatic rings. The Balaban J connectivity index is 1.41. The third kappa shape index (κ3) is 7.29. The summed E-state index contributed by atoms with van der Waals surface area (Å²) in [6.45, 7) is 0. The number of nitrogens with zero attached hydrogens (tertiary/aromatic N) is 5. The largest absolute Gasteiger partial charge is 0.453 e. The van der Waals surface area contributed by atoms with E-state index >= 15 is 0 Å². The van der Waals surface area contributed by atoms with Crippen LogP contribution in [-0.4, -0.2) is 61.0 Å². The number of tetrazole rings is 1. The van der Waals surface area contributed by atoms with Gasteiger partial charge in [-0.05, 0) is 65.7 Å². The number of imidazole rings is 1. The standard InChI is InChI=1S/C28H26ClN9O5/c1-43-28(42)32-18-7-8-20-22(12-18)34-26(41)13-19(39)3-2-4-21(27-30-14-23(20)35-27)33-25(40)10-5-16-11-17(29)6-9-24(16)38-15-31-36-37-38/h5-12,14-15,21H,2-4,13H2,1H3,(H,30,35)(H,32,42)(H,33,40)(H,34,41)/b10-5+/t21-/m0/s1. The Morgan fingerprint density at radius 3 is 2.84 bits per heavy atom. The number of ether oxygens (including phenoxy) is 1. The molecule has 220 valence electrons. The number of nitrogens with one attached hydrogen (secondary N) is 4. The van der Waals surface area contributed by atoms with E-state index in [0.29, 0.717) is 57.6 Å². The average molecular weight is 604 g/mol. The zero-order chi connectivity index (χ0) is 30.3. The van der Waals surface area contributed by atoms with Crippen molar-refractivity contribution in [2.24, 2.45) is 0 Å². The van der Waals surface area contributed by atoms with E-state index in [-0.39, 0.29) is 18.6 Å². The van der Waals surface area contributed by atoms with E-state index in [4.69, 9.17) is 16.6 Å². The SMILES string of the molecule is COC(=O)Nc1ccc2c(c1)NC(=O)CC(=O)CCC[C@H](NC(=O)/C=C/c1cc(Cl)ccc1-n1cnnn1)c1nc-2c[nH]1. The highest BCUT2D eigenvalue weighted by Crippen LogP contribution is 2.32. The van der Waals surface area contributed by atoms with E-state index in [2.05, 4.69) is 41.2 Å². The first-order chi connectivity index (χ1) is 20.8. The third-order valence-corrected chi connectivity index (χ3v) is 6.79. The molecule has 0 saturated heterocycles. The van der Waals surface area contributed by atoms with Gasteiger partial charge in [0.1, 0.15) is 17.9 Å². The van der Waals surface area contributed by atoms with Crippen LogP contribution in [0.25, 0.3) is 23.0 Å². The number of halogens is 1. The van der Waals surface area contributed by atoms with Gasteiger partial charge in [-0.3, -0.25) is 19.7 Å². The molecule has 0 fully saturated rings. The highest BCUT2D eigenvalue weighted by atomic mass is 35.5. The van der Waals surface area contributed by atoms with Crippen molar-refractivity contribution in [1.82, 2.24) is 35.5 Å². The lowest BCUT2D eigenvalue weighted by Crippen LogP contribution is -2.28. The van der Waals surface area contributed by atoms with Crippen molar-refractivity contribution in [3.05, 3.63) is 71.4 Å². The quantitative estimate of drug-likeness (QED) is 0.194. The van der Waals surface area contributed by atoms with E-state index in [1.165, 1.54) is 24.2 Å². The number of carbonyl (C=O) groups excluding carboxylic acids is 4. The molecule has 2 bridgehead atoms. The van der Waals surface area contributed by atoms with Crippen LogP contribution in [0.5, 0.6) is 0 Å². The predicted molar refractivity (Wildman–Crippen MR) is 156 cm³/mol. The molecule has 0 radical (unpaired) electrons. The van der Waals surface area contributed by atoms with Crippen LogP contribution in [0.2, 0.25) is 5.02 Å². The fourth-order valence-electron chi connectivity index (χ4n) is 4.54. The number of Topliss-reactive ketones (excluding diaryl/α,β-unsaturated/α-hetero) is 1. The van der Waals surface area contributed by atoms with Gasteiger partial charge in [0, 0.05) is 40.5 Å². The second kappa shape index (κ2) is 13.1. The molecule has 0 aliphatic carbocycles. The van der Waals surface area contributed by atoms with Crippen LogP contribution in [-0.2, 0) is 19.1 Å². The molecule has 1 aliphatic heterocycles. The maximum atomic E-state index is 13.1. The van der Waals surface area contributed by atoms with Crippen molar-refractivity contribution in [3.8, 4) is 16.9 Å². The van der Waals surface area contributed by atoms with Gasteiger partial charge >= 0.3 is 6.09 Å². The van der Waals surface area contributed by atoms with Crippen molar-refractivity contribution in [2.45, 2.75) is 31.7 Å². The van der Waals surface area contributed by atoms with Crippen LogP contribution in [0.15, 0.2) is 55.0 Å². The molecule has 43 heavy (non-hydrogen) atoms. The first-order valence-electron chi connectivity index (χ1n) is 13.2. The van der Waals surface area contributed by atoms with E-state index in [9.17, 15) is 19.2 Å². The lowest BCUT2D eigenvalue weighted by molar-refractivity contribution is -0.125. The molecule has 3 heterocycles. The number of methoxy groups -OCH3 is 1. The lowest BCUT2D eigenvalue weighted by atomic mass is 10.0. The van der Waals surface area contributed by atoms with Crippen LogP contribution >= 0.6 is 11.6 Å². The minimum absolute atomic E-state index is 0.137. The molecular weight excluding hydrogens is 578 g/mol. The van der Waals surface area contributed by atoms with Gasteiger partial charge in [-0.1, -0.05) is 11.6 Å². The third-order valence-electron chi connectivity index (χ3n) is 6.55. The van der Waals surface area contributed by atoms with Gasteiger partial charge in [0.25, 0.3) is 0 Å². The van der Waals surface area contributed by atoms with E-state index in [0.717, 1.165) is 0 Å². The molecule has 1 atom stereocenters. The summed E-state index contributed by atoms with van der Waals surface area (Å²) in [4.78, 5) is 57.8. The summed E-state index contributed by atoms with van der Waals surface area (Å²) in [5.41, 5.74) is 2.98. The second-order valence-corrected chi connectivity index (χ2v) is 9.99. The Bertz CT molecular complexity index is 1700. The summed E-state index contributed by atoms with van der Waals surface area (Å²) in [5.74, 6) is -0.678. The Labute approximate surface area is 249 Å². The highest BCUT2D eigenvalue weighted by Gasteiger charge is 2.22. The molecule has 4 aromatic rings. The van der Waals surface area contributed by atoms with Gasteiger partial charge in [0.05, 0.1) is 36.6 Å². The minimum Gasteiger partial charge on any atom is -0.453 e. The molecule has 4 N–H and O–H groups in total. The maximum absolute atomic E-state index is 13.1. The molecule has 5 rings (SSSR count).